The first-order valence-corrected chi connectivity index (χ1v) is 11.5. The summed E-state index contributed by atoms with van der Waals surface area (Å²) in [5.74, 6) is -0.578. The van der Waals surface area contributed by atoms with Crippen molar-refractivity contribution in [3.8, 4) is 0 Å². The second-order valence-electron chi connectivity index (χ2n) is 8.45. The maximum absolute atomic E-state index is 13.7. The van der Waals surface area contributed by atoms with Gasteiger partial charge in [-0.2, -0.15) is 0 Å². The molecule has 32 heavy (non-hydrogen) atoms. The lowest BCUT2D eigenvalue weighted by Gasteiger charge is -2.30. The lowest BCUT2D eigenvalue weighted by molar-refractivity contribution is -0.140. The van der Waals surface area contributed by atoms with Crippen LogP contribution in [0.4, 0.5) is 4.79 Å². The van der Waals surface area contributed by atoms with Gasteiger partial charge in [-0.15, -0.1) is 0 Å². The molecule has 0 unspecified atom stereocenters. The third-order valence-electron chi connectivity index (χ3n) is 6.24. The minimum Gasteiger partial charge on any atom is -0.338 e. The van der Waals surface area contributed by atoms with E-state index in [-0.39, 0.29) is 24.4 Å². The van der Waals surface area contributed by atoms with Crippen LogP contribution in [0.15, 0.2) is 60.7 Å². The first kappa shape index (κ1) is 23.5. The second-order valence-corrected chi connectivity index (χ2v) is 8.45. The van der Waals surface area contributed by atoms with E-state index in [9.17, 15) is 14.4 Å². The van der Waals surface area contributed by atoms with Crippen LogP contribution in [0.25, 0.3) is 0 Å². The van der Waals surface area contributed by atoms with Crippen molar-refractivity contribution in [2.45, 2.75) is 58.0 Å². The van der Waals surface area contributed by atoms with E-state index in [1.807, 2.05) is 74.5 Å². The van der Waals surface area contributed by atoms with Crippen molar-refractivity contribution < 1.29 is 14.4 Å². The summed E-state index contributed by atoms with van der Waals surface area (Å²) >= 11 is 0. The highest BCUT2D eigenvalue weighted by Gasteiger charge is 2.53. The van der Waals surface area contributed by atoms with Gasteiger partial charge in [-0.3, -0.25) is 14.5 Å². The Morgan fingerprint density at radius 3 is 2.25 bits per heavy atom. The Bertz CT molecular complexity index is 932. The summed E-state index contributed by atoms with van der Waals surface area (Å²) in [5, 5.41) is 2.93. The van der Waals surface area contributed by atoms with E-state index in [2.05, 4.69) is 12.2 Å². The van der Waals surface area contributed by atoms with Crippen molar-refractivity contribution in [1.82, 2.24) is 15.1 Å². The quantitative estimate of drug-likeness (QED) is 0.571. The molecule has 0 aromatic heterocycles. The van der Waals surface area contributed by atoms with Crippen molar-refractivity contribution in [2.24, 2.45) is 0 Å². The zero-order valence-corrected chi connectivity index (χ0v) is 19.2. The molecule has 1 heterocycles. The van der Waals surface area contributed by atoms with E-state index < -0.39 is 11.6 Å². The van der Waals surface area contributed by atoms with Crippen LogP contribution in [0.3, 0.4) is 0 Å². The fourth-order valence-electron chi connectivity index (χ4n) is 4.18. The zero-order chi connectivity index (χ0) is 23.1. The zero-order valence-electron chi connectivity index (χ0n) is 19.2. The summed E-state index contributed by atoms with van der Waals surface area (Å²) in [6, 6.07) is 18.4. The number of hydrogen-bond acceptors (Lipinski definition) is 3. The maximum Gasteiger partial charge on any atom is 0.325 e. The number of rotatable bonds is 10. The van der Waals surface area contributed by atoms with Gasteiger partial charge in [0.05, 0.1) is 0 Å². The molecule has 4 amide bonds. The Balaban J connectivity index is 1.90. The van der Waals surface area contributed by atoms with E-state index in [0.717, 1.165) is 29.7 Å². The number of urea groups is 1. The highest BCUT2D eigenvalue weighted by molar-refractivity contribution is 6.09. The molecule has 1 N–H and O–H groups in total. The van der Waals surface area contributed by atoms with E-state index in [4.69, 9.17) is 0 Å². The van der Waals surface area contributed by atoms with Crippen molar-refractivity contribution >= 4 is 17.8 Å². The molecular weight excluding hydrogens is 402 g/mol. The van der Waals surface area contributed by atoms with Crippen LogP contribution in [0.5, 0.6) is 0 Å². The van der Waals surface area contributed by atoms with Gasteiger partial charge in [0, 0.05) is 19.0 Å². The monoisotopic (exact) mass is 435 g/mol. The van der Waals surface area contributed by atoms with Gasteiger partial charge in [0.1, 0.15) is 6.54 Å². The number of amides is 4. The molecular formula is C26H33N3O3. The van der Waals surface area contributed by atoms with Gasteiger partial charge in [0.15, 0.2) is 5.54 Å². The van der Waals surface area contributed by atoms with Crippen LogP contribution >= 0.6 is 0 Å². The Morgan fingerprint density at radius 1 is 1.03 bits per heavy atom. The van der Waals surface area contributed by atoms with Gasteiger partial charge in [-0.05, 0) is 30.9 Å². The van der Waals surface area contributed by atoms with Crippen molar-refractivity contribution in [3.05, 3.63) is 71.8 Å². The van der Waals surface area contributed by atoms with E-state index in [0.29, 0.717) is 18.5 Å². The van der Waals surface area contributed by atoms with Gasteiger partial charge in [-0.1, -0.05) is 80.9 Å². The fraction of sp³-hybridized carbons (Fsp3) is 0.423. The summed E-state index contributed by atoms with van der Waals surface area (Å²) in [6.45, 7) is 6.49. The molecule has 0 spiro atoms. The third-order valence-corrected chi connectivity index (χ3v) is 6.24. The Morgan fingerprint density at radius 2 is 1.66 bits per heavy atom. The summed E-state index contributed by atoms with van der Waals surface area (Å²) in [4.78, 5) is 42.8. The van der Waals surface area contributed by atoms with E-state index >= 15 is 0 Å². The summed E-state index contributed by atoms with van der Waals surface area (Å²) in [5.41, 5.74) is 0.411. The van der Waals surface area contributed by atoms with Gasteiger partial charge in [0.2, 0.25) is 5.91 Å². The van der Waals surface area contributed by atoms with Crippen LogP contribution in [0.1, 0.15) is 51.2 Å². The number of unbranched alkanes of at least 4 members (excludes halogenated alkanes) is 1. The average molecular weight is 436 g/mol. The molecule has 0 radical (unpaired) electrons. The molecule has 2 aromatic rings. The van der Waals surface area contributed by atoms with E-state index in [1.165, 1.54) is 0 Å². The molecule has 2 aromatic carbocycles. The van der Waals surface area contributed by atoms with Gasteiger partial charge >= 0.3 is 6.03 Å². The van der Waals surface area contributed by atoms with Gasteiger partial charge in [-0.25, -0.2) is 4.79 Å². The second kappa shape index (κ2) is 10.4. The molecule has 6 nitrogen and oxygen atoms in total. The standard InChI is InChI=1S/C26H33N3O3/c1-4-6-17-28(20(3)5-2)23(30)19-29-24(31)26(27-25(29)32,22-15-11-8-12-16-22)18-21-13-9-7-10-14-21/h7-16,20H,4-6,17-19H2,1-3H3,(H,27,32)/t20-,26-/m0/s1. The van der Waals surface area contributed by atoms with E-state index in [1.54, 1.807) is 4.90 Å². The Labute approximate surface area is 190 Å². The van der Waals surface area contributed by atoms with Crippen molar-refractivity contribution in [1.29, 1.82) is 0 Å². The first-order chi connectivity index (χ1) is 15.4. The third kappa shape index (κ3) is 4.85. The predicted octanol–water partition coefficient (Wildman–Crippen LogP) is 4.10. The Hall–Kier alpha value is -3.15. The first-order valence-electron chi connectivity index (χ1n) is 11.5. The lowest BCUT2D eigenvalue weighted by Crippen LogP contribution is -2.48. The number of carbonyl (C=O) groups excluding carboxylic acids is 3. The normalized spacial score (nSPS) is 19.0. The number of benzene rings is 2. The SMILES string of the molecule is CCCCN(C(=O)CN1C(=O)N[C@@](Cc2ccccc2)(c2ccccc2)C1=O)[C@@H](C)CC. The number of carbonyl (C=O) groups is 3. The van der Waals surface area contributed by atoms with Crippen molar-refractivity contribution in [3.63, 3.8) is 0 Å². The number of nitrogens with one attached hydrogen (secondary N) is 1. The van der Waals surface area contributed by atoms with Gasteiger partial charge < -0.3 is 10.2 Å². The molecule has 0 aliphatic carbocycles. The van der Waals surface area contributed by atoms with Crippen LogP contribution in [-0.2, 0) is 21.5 Å². The number of nitrogens with zero attached hydrogens (tertiary/aromatic N) is 2. The molecule has 0 saturated carbocycles. The fourth-order valence-corrected chi connectivity index (χ4v) is 4.18. The highest BCUT2D eigenvalue weighted by Crippen LogP contribution is 2.33. The van der Waals surface area contributed by atoms with Crippen LogP contribution < -0.4 is 5.32 Å². The summed E-state index contributed by atoms with van der Waals surface area (Å²) < 4.78 is 0. The topological polar surface area (TPSA) is 69.7 Å². The molecule has 3 rings (SSSR count). The summed E-state index contributed by atoms with van der Waals surface area (Å²) in [7, 11) is 0. The summed E-state index contributed by atoms with van der Waals surface area (Å²) in [6.07, 6.45) is 2.99. The molecule has 1 aliphatic rings. The molecule has 1 saturated heterocycles. The molecule has 1 aliphatic heterocycles. The number of hydrogen-bond donors (Lipinski definition) is 1. The van der Waals surface area contributed by atoms with Crippen molar-refractivity contribution in [2.75, 3.05) is 13.1 Å². The largest absolute Gasteiger partial charge is 0.338 e. The van der Waals surface area contributed by atoms with Crippen LogP contribution in [-0.4, -0.2) is 46.8 Å². The minimum atomic E-state index is -1.23. The molecule has 2 atom stereocenters. The average Bonchev–Trinajstić information content (AvgIpc) is 3.05. The molecule has 0 bridgehead atoms. The predicted molar refractivity (Wildman–Crippen MR) is 125 cm³/mol. The lowest BCUT2D eigenvalue weighted by atomic mass is 9.83. The van der Waals surface area contributed by atoms with Crippen LogP contribution in [0.2, 0.25) is 0 Å². The Kier molecular flexibility index (Phi) is 7.67. The minimum absolute atomic E-state index is 0.0537. The molecule has 170 valence electrons. The van der Waals surface area contributed by atoms with Gasteiger partial charge in [0.25, 0.3) is 5.91 Å². The number of imide groups is 1. The molecule has 6 heteroatoms. The maximum atomic E-state index is 13.7. The highest BCUT2D eigenvalue weighted by atomic mass is 16.2. The van der Waals surface area contributed by atoms with Crippen LogP contribution in [0, 0.1) is 0 Å². The molecule has 1 fully saturated rings. The smallest absolute Gasteiger partial charge is 0.325 e.